The van der Waals surface area contributed by atoms with Gasteiger partial charge in [0.15, 0.2) is 16.5 Å². The Balaban J connectivity index is 1.57. The molecule has 4 rings (SSSR count). The van der Waals surface area contributed by atoms with Gasteiger partial charge in [-0.1, -0.05) is 13.0 Å². The summed E-state index contributed by atoms with van der Waals surface area (Å²) < 4.78 is 20.7. The molecule has 2 aromatic heterocycles. The van der Waals surface area contributed by atoms with Crippen LogP contribution in [0.5, 0.6) is 5.75 Å². The van der Waals surface area contributed by atoms with Crippen molar-refractivity contribution in [2.75, 3.05) is 13.7 Å². The van der Waals surface area contributed by atoms with Gasteiger partial charge in [0, 0.05) is 29.7 Å². The van der Waals surface area contributed by atoms with E-state index in [1.807, 2.05) is 6.07 Å². The molecule has 2 heterocycles. The number of halogens is 1. The number of aromatic nitrogens is 2. The molecule has 0 atom stereocenters. The van der Waals surface area contributed by atoms with Crippen LogP contribution in [0.15, 0.2) is 29.1 Å². The molecule has 3 aromatic rings. The van der Waals surface area contributed by atoms with Crippen LogP contribution in [0.2, 0.25) is 0 Å². The molecule has 5 nitrogen and oxygen atoms in total. The van der Waals surface area contributed by atoms with E-state index in [1.165, 1.54) is 24.5 Å². The largest absolute Gasteiger partial charge is 0.494 e. The molecule has 0 amide bonds. The summed E-state index contributed by atoms with van der Waals surface area (Å²) in [6.07, 6.45) is 4.32. The van der Waals surface area contributed by atoms with E-state index in [4.69, 9.17) is 9.72 Å². The van der Waals surface area contributed by atoms with Crippen molar-refractivity contribution in [2.24, 2.45) is 0 Å². The number of nitrogens with zero attached hydrogens (tertiary/aromatic N) is 3. The number of hydrogen-bond donors (Lipinski definition) is 0. The van der Waals surface area contributed by atoms with Gasteiger partial charge >= 0.3 is 0 Å². The molecule has 1 aliphatic rings. The van der Waals surface area contributed by atoms with Gasteiger partial charge < -0.3 is 4.74 Å². The number of hydrogen-bond acceptors (Lipinski definition) is 5. The monoisotopic (exact) mass is 401 g/mol. The zero-order valence-electron chi connectivity index (χ0n) is 16.2. The molecule has 148 valence electrons. The summed E-state index contributed by atoms with van der Waals surface area (Å²) in [7, 11) is 1.46. The topological polar surface area (TPSA) is 46.8 Å². The molecule has 0 radical (unpaired) electrons. The molecular formula is C21H24FN3O2S. The SMILES string of the molecule is CCN(Cc1ccc(OC)c(F)c1)Cc1cc(=O)n2c3c(sc2n1)CCCC3. The lowest BCUT2D eigenvalue weighted by molar-refractivity contribution is 0.267. The number of fused-ring (bicyclic) bond motifs is 3. The molecule has 0 aliphatic heterocycles. The summed E-state index contributed by atoms with van der Waals surface area (Å²) in [4.78, 5) is 21.7. The fourth-order valence-electron chi connectivity index (χ4n) is 3.80. The second-order valence-electron chi connectivity index (χ2n) is 7.15. The van der Waals surface area contributed by atoms with Gasteiger partial charge in [0.1, 0.15) is 0 Å². The highest BCUT2D eigenvalue weighted by molar-refractivity contribution is 7.17. The molecule has 1 aromatic carbocycles. The molecule has 1 aliphatic carbocycles. The maximum absolute atomic E-state index is 14.0. The van der Waals surface area contributed by atoms with Crippen LogP contribution in [0.25, 0.3) is 4.96 Å². The molecule has 0 saturated heterocycles. The van der Waals surface area contributed by atoms with Crippen LogP contribution in [0.3, 0.4) is 0 Å². The quantitative estimate of drug-likeness (QED) is 0.630. The van der Waals surface area contributed by atoms with E-state index < -0.39 is 0 Å². The van der Waals surface area contributed by atoms with Gasteiger partial charge in [-0.2, -0.15) is 0 Å². The van der Waals surface area contributed by atoms with Crippen LogP contribution in [-0.4, -0.2) is 27.9 Å². The molecule has 0 bridgehead atoms. The first-order valence-electron chi connectivity index (χ1n) is 9.67. The first kappa shape index (κ1) is 19.1. The maximum Gasteiger partial charge on any atom is 0.259 e. The number of aryl methyl sites for hydroxylation is 2. The van der Waals surface area contributed by atoms with E-state index in [2.05, 4.69) is 11.8 Å². The lowest BCUT2D eigenvalue weighted by Crippen LogP contribution is -2.25. The number of ether oxygens (including phenoxy) is 1. The molecule has 7 heteroatoms. The normalized spacial score (nSPS) is 13.9. The van der Waals surface area contributed by atoms with Crippen LogP contribution < -0.4 is 10.3 Å². The number of methoxy groups -OCH3 is 1. The van der Waals surface area contributed by atoms with Gasteiger partial charge in [-0.05, 0) is 49.9 Å². The molecular weight excluding hydrogens is 377 g/mol. The minimum absolute atomic E-state index is 0.00550. The molecule has 0 saturated carbocycles. The summed E-state index contributed by atoms with van der Waals surface area (Å²) in [6.45, 7) is 3.96. The second kappa shape index (κ2) is 8.01. The fraction of sp³-hybridized carbons (Fsp3) is 0.429. The Morgan fingerprint density at radius 3 is 2.82 bits per heavy atom. The van der Waals surface area contributed by atoms with Crippen molar-refractivity contribution in [2.45, 2.75) is 45.7 Å². The molecule has 28 heavy (non-hydrogen) atoms. The van der Waals surface area contributed by atoms with Gasteiger partial charge in [-0.15, -0.1) is 11.3 Å². The van der Waals surface area contributed by atoms with Crippen molar-refractivity contribution in [3.05, 3.63) is 62.3 Å². The zero-order chi connectivity index (χ0) is 19.7. The van der Waals surface area contributed by atoms with Crippen LogP contribution in [-0.2, 0) is 25.9 Å². The van der Waals surface area contributed by atoms with Crippen LogP contribution >= 0.6 is 11.3 Å². The highest BCUT2D eigenvalue weighted by Gasteiger charge is 2.19. The Labute approximate surface area is 167 Å². The first-order chi connectivity index (χ1) is 13.6. The van der Waals surface area contributed by atoms with Gasteiger partial charge in [-0.3, -0.25) is 14.1 Å². The predicted molar refractivity (Wildman–Crippen MR) is 109 cm³/mol. The predicted octanol–water partition coefficient (Wildman–Crippen LogP) is 3.80. The molecule has 0 N–H and O–H groups in total. The Morgan fingerprint density at radius 1 is 1.25 bits per heavy atom. The average molecular weight is 402 g/mol. The lowest BCUT2D eigenvalue weighted by Gasteiger charge is -2.20. The highest BCUT2D eigenvalue weighted by Crippen LogP contribution is 2.28. The third-order valence-electron chi connectivity index (χ3n) is 5.27. The standard InChI is InChI=1S/C21H24FN3O2S/c1-3-24(12-14-8-9-18(27-2)16(22)10-14)13-15-11-20(26)25-17-6-4-5-7-19(17)28-21(25)23-15/h8-11H,3-7,12-13H2,1-2H3. The minimum Gasteiger partial charge on any atom is -0.494 e. The Bertz CT molecular complexity index is 1060. The average Bonchev–Trinajstić information content (AvgIpc) is 3.06. The number of benzene rings is 1. The Hall–Kier alpha value is -2.25. The van der Waals surface area contributed by atoms with E-state index in [0.717, 1.165) is 47.7 Å². The van der Waals surface area contributed by atoms with E-state index in [9.17, 15) is 9.18 Å². The van der Waals surface area contributed by atoms with Crippen molar-refractivity contribution < 1.29 is 9.13 Å². The Kier molecular flexibility index (Phi) is 5.46. The second-order valence-corrected chi connectivity index (χ2v) is 8.22. The van der Waals surface area contributed by atoms with Gasteiger partial charge in [0.05, 0.1) is 12.8 Å². The summed E-state index contributed by atoms with van der Waals surface area (Å²) in [5, 5.41) is 0. The zero-order valence-corrected chi connectivity index (χ0v) is 17.0. The van der Waals surface area contributed by atoms with Crippen molar-refractivity contribution >= 4 is 16.3 Å². The van der Waals surface area contributed by atoms with Crippen molar-refractivity contribution in [1.82, 2.24) is 14.3 Å². The summed E-state index contributed by atoms with van der Waals surface area (Å²) >= 11 is 1.64. The fourth-order valence-corrected chi connectivity index (χ4v) is 5.03. The third kappa shape index (κ3) is 3.69. The molecule has 0 unspecified atom stereocenters. The van der Waals surface area contributed by atoms with Gasteiger partial charge in [0.25, 0.3) is 5.56 Å². The minimum atomic E-state index is -0.363. The van der Waals surface area contributed by atoms with Gasteiger partial charge in [-0.25, -0.2) is 9.37 Å². The number of rotatable bonds is 6. The van der Waals surface area contributed by atoms with E-state index in [-0.39, 0.29) is 17.1 Å². The number of thiazole rings is 1. The summed E-state index contributed by atoms with van der Waals surface area (Å²) in [5.74, 6) is -0.119. The first-order valence-corrected chi connectivity index (χ1v) is 10.5. The van der Waals surface area contributed by atoms with Crippen LogP contribution in [0, 0.1) is 5.82 Å². The van der Waals surface area contributed by atoms with Gasteiger partial charge in [0.2, 0.25) is 0 Å². The molecule has 0 spiro atoms. The maximum atomic E-state index is 14.0. The van der Waals surface area contributed by atoms with Crippen molar-refractivity contribution in [1.29, 1.82) is 0 Å². The van der Waals surface area contributed by atoms with Crippen LogP contribution in [0.4, 0.5) is 4.39 Å². The Morgan fingerprint density at radius 2 is 2.07 bits per heavy atom. The van der Waals surface area contributed by atoms with Crippen molar-refractivity contribution in [3.63, 3.8) is 0 Å². The highest BCUT2D eigenvalue weighted by atomic mass is 32.1. The third-order valence-corrected chi connectivity index (χ3v) is 6.41. The smallest absolute Gasteiger partial charge is 0.259 e. The van der Waals surface area contributed by atoms with E-state index >= 15 is 0 Å². The lowest BCUT2D eigenvalue weighted by atomic mass is 10.0. The van der Waals surface area contributed by atoms with Crippen LogP contribution in [0.1, 0.15) is 41.6 Å². The van der Waals surface area contributed by atoms with E-state index in [0.29, 0.717) is 13.1 Å². The van der Waals surface area contributed by atoms with E-state index in [1.54, 1.807) is 27.9 Å². The summed E-state index contributed by atoms with van der Waals surface area (Å²) in [5.41, 5.74) is 2.78. The summed E-state index contributed by atoms with van der Waals surface area (Å²) in [6, 6.07) is 6.65. The van der Waals surface area contributed by atoms with Crippen molar-refractivity contribution in [3.8, 4) is 5.75 Å². The molecule has 0 fully saturated rings.